The molecule has 2 N–H and O–H groups in total. The van der Waals surface area contributed by atoms with Crippen molar-refractivity contribution < 1.29 is 35.2 Å². The number of sulfonamides is 1. The average molecular weight is 628 g/mol. The van der Waals surface area contributed by atoms with E-state index in [1.165, 1.54) is 24.4 Å². The molecule has 0 saturated heterocycles. The second-order valence-corrected chi connectivity index (χ2v) is 12.3. The van der Waals surface area contributed by atoms with Gasteiger partial charge in [0.2, 0.25) is 0 Å². The lowest BCUT2D eigenvalue weighted by molar-refractivity contribution is -0.137. The largest absolute Gasteiger partial charge is 0.416 e. The first-order valence-electron chi connectivity index (χ1n) is 11.4. The summed E-state index contributed by atoms with van der Waals surface area (Å²) in [5.74, 6) is -3.24. The molecule has 0 bridgehead atoms. The first-order valence-corrected chi connectivity index (χ1v) is 14.1. The minimum absolute atomic E-state index is 0.0540. The molecule has 3 aromatic heterocycles. The monoisotopic (exact) mass is 627 g/mol. The predicted octanol–water partition coefficient (Wildman–Crippen LogP) is 6.18. The fraction of sp³-hybridized carbons (Fsp3) is 0.0769. The third kappa shape index (κ3) is 5.49. The van der Waals surface area contributed by atoms with Crippen LogP contribution in [0.2, 0.25) is 4.34 Å². The van der Waals surface area contributed by atoms with Crippen LogP contribution in [0.1, 0.15) is 21.6 Å². The molecule has 2 aromatic carbocycles. The van der Waals surface area contributed by atoms with Gasteiger partial charge in [-0.05, 0) is 48.5 Å². The zero-order valence-electron chi connectivity index (χ0n) is 20.2. The van der Waals surface area contributed by atoms with Crippen molar-refractivity contribution in [3.05, 3.63) is 110 Å². The van der Waals surface area contributed by atoms with E-state index >= 15 is 0 Å². The summed E-state index contributed by atoms with van der Waals surface area (Å²) in [4.78, 5) is 28.9. The Bertz CT molecular complexity index is 2000. The Morgan fingerprint density at radius 1 is 1.05 bits per heavy atom. The van der Waals surface area contributed by atoms with Crippen molar-refractivity contribution in [2.45, 2.75) is 16.9 Å². The van der Waals surface area contributed by atoms with Gasteiger partial charge in [-0.25, -0.2) is 21.9 Å². The number of nitrogens with zero attached hydrogens (tertiary/aromatic N) is 1. The summed E-state index contributed by atoms with van der Waals surface area (Å²) in [6.07, 6.45) is -3.56. The Balaban J connectivity index is 1.82. The van der Waals surface area contributed by atoms with Gasteiger partial charge in [0, 0.05) is 39.9 Å². The third-order valence-corrected chi connectivity index (χ3v) is 9.13. The molecular formula is C26H15ClF5N3O4S2. The van der Waals surface area contributed by atoms with Crippen LogP contribution in [0.5, 0.6) is 0 Å². The van der Waals surface area contributed by atoms with Crippen LogP contribution in [0, 0.1) is 11.6 Å². The molecule has 5 aromatic rings. The van der Waals surface area contributed by atoms with E-state index in [2.05, 4.69) is 4.98 Å². The number of fused-ring (bicyclic) bond motifs is 1. The molecular weight excluding hydrogens is 613 g/mol. The second-order valence-electron chi connectivity index (χ2n) is 8.68. The molecule has 0 saturated carbocycles. The molecule has 212 valence electrons. The number of hydrogen-bond donors (Lipinski definition) is 2. The van der Waals surface area contributed by atoms with E-state index in [0.29, 0.717) is 23.5 Å². The van der Waals surface area contributed by atoms with Gasteiger partial charge in [0.25, 0.3) is 21.5 Å². The molecule has 15 heteroatoms. The first kappa shape index (κ1) is 28.5. The van der Waals surface area contributed by atoms with Gasteiger partial charge < -0.3 is 9.55 Å². The number of aromatic nitrogens is 2. The maximum absolute atomic E-state index is 14.7. The Hall–Kier alpha value is -4.01. The predicted molar refractivity (Wildman–Crippen MR) is 142 cm³/mol. The van der Waals surface area contributed by atoms with Gasteiger partial charge in [-0.15, -0.1) is 11.3 Å². The van der Waals surface area contributed by atoms with Crippen LogP contribution in [-0.4, -0.2) is 23.9 Å². The molecule has 0 aliphatic rings. The van der Waals surface area contributed by atoms with Crippen LogP contribution < -0.4 is 10.3 Å². The number of amides is 1. The first-order chi connectivity index (χ1) is 19.3. The van der Waals surface area contributed by atoms with Crippen LogP contribution in [0.25, 0.3) is 22.0 Å². The van der Waals surface area contributed by atoms with Crippen LogP contribution in [0.15, 0.2) is 75.9 Å². The molecule has 5 rings (SSSR count). The highest BCUT2D eigenvalue weighted by molar-refractivity contribution is 7.92. The quantitative estimate of drug-likeness (QED) is 0.220. The van der Waals surface area contributed by atoms with E-state index in [0.717, 1.165) is 34.9 Å². The molecule has 3 heterocycles. The molecule has 41 heavy (non-hydrogen) atoms. The lowest BCUT2D eigenvalue weighted by Gasteiger charge is -2.13. The number of carbonyl (C=O) groups is 1. The molecule has 0 fully saturated rings. The molecule has 0 atom stereocenters. The number of H-pyrrole nitrogens is 1. The number of hydrogen-bond acceptors (Lipinski definition) is 5. The molecule has 7 nitrogen and oxygen atoms in total. The summed E-state index contributed by atoms with van der Waals surface area (Å²) in [5, 5.41) is -0.235. The summed E-state index contributed by atoms with van der Waals surface area (Å²) in [6, 6.07) is 10.1. The number of benzene rings is 2. The number of nitrogens with one attached hydrogen (secondary N) is 2. The van der Waals surface area contributed by atoms with Crippen molar-refractivity contribution in [3.63, 3.8) is 0 Å². The maximum Gasteiger partial charge on any atom is 0.416 e. The number of halogens is 6. The van der Waals surface area contributed by atoms with Gasteiger partial charge in [-0.1, -0.05) is 17.7 Å². The van der Waals surface area contributed by atoms with Crippen LogP contribution >= 0.6 is 22.9 Å². The number of aromatic amines is 1. The summed E-state index contributed by atoms with van der Waals surface area (Å²) >= 11 is 6.48. The van der Waals surface area contributed by atoms with Crippen molar-refractivity contribution >= 4 is 49.8 Å². The Morgan fingerprint density at radius 2 is 1.80 bits per heavy atom. The molecule has 0 aliphatic heterocycles. The zero-order valence-corrected chi connectivity index (χ0v) is 22.6. The van der Waals surface area contributed by atoms with Gasteiger partial charge in [0.05, 0.1) is 16.4 Å². The normalized spacial score (nSPS) is 12.1. The summed E-state index contributed by atoms with van der Waals surface area (Å²) < 4.78 is 98.2. The van der Waals surface area contributed by atoms with Crippen molar-refractivity contribution in [2.24, 2.45) is 0 Å². The van der Waals surface area contributed by atoms with Crippen molar-refractivity contribution in [3.8, 4) is 11.1 Å². The number of thiophene rings is 1. The molecule has 1 amide bonds. The lowest BCUT2D eigenvalue weighted by Crippen LogP contribution is -2.32. The van der Waals surface area contributed by atoms with Gasteiger partial charge in [-0.2, -0.15) is 13.2 Å². The minimum atomic E-state index is -4.82. The zero-order chi connectivity index (χ0) is 29.7. The Labute approximate surface area is 236 Å². The Morgan fingerprint density at radius 3 is 2.44 bits per heavy atom. The number of carbonyl (C=O) groups excluding carboxylic acids is 1. The van der Waals surface area contributed by atoms with E-state index in [4.69, 9.17) is 11.6 Å². The van der Waals surface area contributed by atoms with Crippen molar-refractivity contribution in [1.82, 2.24) is 14.3 Å². The third-order valence-electron chi connectivity index (χ3n) is 6.08. The van der Waals surface area contributed by atoms with Crippen molar-refractivity contribution in [1.29, 1.82) is 0 Å². The fourth-order valence-electron chi connectivity index (χ4n) is 4.31. The highest BCUT2D eigenvalue weighted by atomic mass is 35.5. The smallest absolute Gasteiger partial charge is 0.331 e. The number of pyridine rings is 1. The number of rotatable bonds is 6. The SMILES string of the molecule is O=C(NS(=O)(=O)c1ccc(Cl)s1)c1c(-c2ccc[nH]c2=O)c2cc(C(F)(F)F)ccc2n1Cc1ccc(F)cc1F. The highest BCUT2D eigenvalue weighted by Gasteiger charge is 2.34. The maximum atomic E-state index is 14.7. The average Bonchev–Trinajstić information content (AvgIpc) is 3.47. The lowest BCUT2D eigenvalue weighted by atomic mass is 10.0. The Kier molecular flexibility index (Phi) is 7.26. The van der Waals surface area contributed by atoms with E-state index < -0.39 is 57.1 Å². The molecule has 0 spiro atoms. The topological polar surface area (TPSA) is 101 Å². The number of alkyl halides is 3. The van der Waals surface area contributed by atoms with E-state index in [-0.39, 0.29) is 36.1 Å². The van der Waals surface area contributed by atoms with Crippen molar-refractivity contribution in [2.75, 3.05) is 0 Å². The molecule has 0 unspecified atom stereocenters. The minimum Gasteiger partial charge on any atom is -0.331 e. The van der Waals surface area contributed by atoms with Crippen LogP contribution in [0.3, 0.4) is 0 Å². The standard InChI is InChI=1S/C26H15ClF5N3O4S2/c27-20-7-8-21(40-20)41(38,39)34-25(37)23-22(16-2-1-9-33-24(16)36)17-10-14(26(30,31)32)4-6-19(17)35(23)12-13-3-5-15(28)11-18(13)29/h1-11H,12H2,(H,33,36)(H,34,37). The highest BCUT2D eigenvalue weighted by Crippen LogP contribution is 2.39. The van der Waals surface area contributed by atoms with Gasteiger partial charge in [0.1, 0.15) is 21.5 Å². The van der Waals surface area contributed by atoms with E-state index in [1.54, 1.807) is 0 Å². The fourth-order valence-corrected chi connectivity index (χ4v) is 6.74. The molecule has 0 radical (unpaired) electrons. The van der Waals surface area contributed by atoms with E-state index in [1.807, 2.05) is 4.72 Å². The van der Waals surface area contributed by atoms with Gasteiger partial charge in [-0.3, -0.25) is 9.59 Å². The van der Waals surface area contributed by atoms with Crippen LogP contribution in [0.4, 0.5) is 22.0 Å². The summed E-state index contributed by atoms with van der Waals surface area (Å²) in [7, 11) is -4.54. The summed E-state index contributed by atoms with van der Waals surface area (Å²) in [6.45, 7) is -0.535. The van der Waals surface area contributed by atoms with Gasteiger partial charge >= 0.3 is 6.18 Å². The molecule has 0 aliphatic carbocycles. The second kappa shape index (κ2) is 10.4. The summed E-state index contributed by atoms with van der Waals surface area (Å²) in [5.41, 5.74) is -3.26. The van der Waals surface area contributed by atoms with Crippen LogP contribution in [-0.2, 0) is 22.7 Å². The van der Waals surface area contributed by atoms with E-state index in [9.17, 15) is 40.0 Å². The van der Waals surface area contributed by atoms with Gasteiger partial charge in [0.15, 0.2) is 0 Å².